The van der Waals surface area contributed by atoms with Crippen molar-refractivity contribution < 1.29 is 4.79 Å². The van der Waals surface area contributed by atoms with E-state index >= 15 is 0 Å². The van der Waals surface area contributed by atoms with Crippen molar-refractivity contribution >= 4 is 5.91 Å². The molecule has 0 radical (unpaired) electrons. The Balaban J connectivity index is 2.62. The lowest BCUT2D eigenvalue weighted by Crippen LogP contribution is -2.57. The van der Waals surface area contributed by atoms with Crippen LogP contribution in [0.25, 0.3) is 0 Å². The van der Waals surface area contributed by atoms with Crippen LogP contribution < -0.4 is 11.1 Å². The third kappa shape index (κ3) is 4.18. The van der Waals surface area contributed by atoms with Crippen LogP contribution in [0, 0.1) is 11.8 Å². The van der Waals surface area contributed by atoms with Gasteiger partial charge in [0.05, 0.1) is 5.54 Å². The lowest BCUT2D eigenvalue weighted by atomic mass is 9.86. The van der Waals surface area contributed by atoms with Crippen molar-refractivity contribution in [3.8, 4) is 0 Å². The first-order valence-electron chi connectivity index (χ1n) is 7.59. The van der Waals surface area contributed by atoms with Gasteiger partial charge < -0.3 is 16.0 Å². The van der Waals surface area contributed by atoms with E-state index in [0.717, 1.165) is 37.9 Å². The molecule has 4 nitrogen and oxygen atoms in total. The number of amides is 1. The normalized spacial score (nSPS) is 29.7. The molecule has 1 fully saturated rings. The largest absolute Gasteiger partial charge is 0.368 e. The summed E-state index contributed by atoms with van der Waals surface area (Å²) in [5.74, 6) is 1.29. The molecule has 0 aromatic heterocycles. The van der Waals surface area contributed by atoms with E-state index in [-0.39, 0.29) is 5.91 Å². The number of likely N-dealkylation sites (tertiary alicyclic amines) is 1. The summed E-state index contributed by atoms with van der Waals surface area (Å²) in [6, 6.07) is 0.381. The molecule has 0 aliphatic carbocycles. The maximum absolute atomic E-state index is 11.7. The topological polar surface area (TPSA) is 58.4 Å². The Morgan fingerprint density at radius 1 is 1.47 bits per heavy atom. The van der Waals surface area contributed by atoms with E-state index in [2.05, 4.69) is 31.0 Å². The molecular formula is C15H31N3O. The Hall–Kier alpha value is -0.610. The molecule has 3 N–H and O–H groups in total. The van der Waals surface area contributed by atoms with Crippen LogP contribution in [0.3, 0.4) is 0 Å². The van der Waals surface area contributed by atoms with Gasteiger partial charge in [-0.2, -0.15) is 0 Å². The quantitative estimate of drug-likeness (QED) is 0.770. The molecule has 1 heterocycles. The van der Waals surface area contributed by atoms with Crippen molar-refractivity contribution in [2.24, 2.45) is 17.6 Å². The van der Waals surface area contributed by atoms with Crippen LogP contribution in [0.1, 0.15) is 47.5 Å². The highest BCUT2D eigenvalue weighted by Crippen LogP contribution is 2.26. The first-order valence-corrected chi connectivity index (χ1v) is 7.59. The predicted octanol–water partition coefficient (Wildman–Crippen LogP) is 1.60. The molecule has 1 saturated heterocycles. The number of carbonyl (C=O) groups excluding carboxylic acids is 1. The number of nitrogens with one attached hydrogen (secondary N) is 1. The third-order valence-electron chi connectivity index (χ3n) is 4.80. The molecule has 4 heteroatoms. The second kappa shape index (κ2) is 6.71. The van der Waals surface area contributed by atoms with Gasteiger partial charge in [-0.3, -0.25) is 4.79 Å². The monoisotopic (exact) mass is 269 g/mol. The summed E-state index contributed by atoms with van der Waals surface area (Å²) in [6.07, 6.45) is 2.03. The van der Waals surface area contributed by atoms with Crippen LogP contribution in [0.15, 0.2) is 0 Å². The van der Waals surface area contributed by atoms with Gasteiger partial charge in [0.1, 0.15) is 0 Å². The lowest BCUT2D eigenvalue weighted by Gasteiger charge is -2.41. The van der Waals surface area contributed by atoms with Crippen molar-refractivity contribution in [2.45, 2.75) is 59.0 Å². The van der Waals surface area contributed by atoms with E-state index in [1.807, 2.05) is 13.8 Å². The van der Waals surface area contributed by atoms with Gasteiger partial charge >= 0.3 is 0 Å². The van der Waals surface area contributed by atoms with Crippen LogP contribution in [0.4, 0.5) is 0 Å². The highest BCUT2D eigenvalue weighted by atomic mass is 16.1. The molecule has 19 heavy (non-hydrogen) atoms. The molecule has 1 rings (SSSR count). The number of rotatable bonds is 6. The molecule has 0 aromatic carbocycles. The second-order valence-electron chi connectivity index (χ2n) is 6.52. The average molecular weight is 269 g/mol. The Morgan fingerprint density at radius 3 is 2.58 bits per heavy atom. The number of nitrogens with zero attached hydrogens (tertiary/aromatic N) is 1. The van der Waals surface area contributed by atoms with E-state index in [0.29, 0.717) is 6.04 Å². The number of hydrogen-bond donors (Lipinski definition) is 2. The standard InChI is InChI=1S/C15H31N3O/c1-6-17-15(5,14(16)19)9-13(4)18-8-7-11(2)12(3)10-18/h11-13,17H,6-10H2,1-5H3,(H2,16,19). The number of nitrogens with two attached hydrogens (primary N) is 1. The summed E-state index contributed by atoms with van der Waals surface area (Å²) in [6.45, 7) is 13.8. The highest BCUT2D eigenvalue weighted by molar-refractivity contribution is 5.84. The van der Waals surface area contributed by atoms with Crippen LogP contribution >= 0.6 is 0 Å². The minimum absolute atomic E-state index is 0.250. The number of carbonyl (C=O) groups is 1. The molecule has 0 aromatic rings. The number of piperidine rings is 1. The van der Waals surface area contributed by atoms with Crippen molar-refractivity contribution in [3.05, 3.63) is 0 Å². The van der Waals surface area contributed by atoms with Gasteiger partial charge in [0.25, 0.3) is 0 Å². The van der Waals surface area contributed by atoms with E-state index in [1.54, 1.807) is 0 Å². The van der Waals surface area contributed by atoms with Crippen LogP contribution in [0.2, 0.25) is 0 Å². The zero-order valence-electron chi connectivity index (χ0n) is 13.2. The zero-order chi connectivity index (χ0) is 14.6. The molecule has 1 aliphatic heterocycles. The molecular weight excluding hydrogens is 238 g/mol. The van der Waals surface area contributed by atoms with Crippen LogP contribution in [0.5, 0.6) is 0 Å². The fraction of sp³-hybridized carbons (Fsp3) is 0.933. The van der Waals surface area contributed by atoms with E-state index in [1.165, 1.54) is 6.42 Å². The van der Waals surface area contributed by atoms with E-state index < -0.39 is 5.54 Å². The highest BCUT2D eigenvalue weighted by Gasteiger charge is 2.35. The molecule has 1 amide bonds. The average Bonchev–Trinajstić information content (AvgIpc) is 2.32. The summed E-state index contributed by atoms with van der Waals surface area (Å²) in [5, 5.41) is 3.25. The Labute approximate surface area is 118 Å². The van der Waals surface area contributed by atoms with Crippen molar-refractivity contribution in [3.63, 3.8) is 0 Å². The van der Waals surface area contributed by atoms with Crippen molar-refractivity contribution in [1.29, 1.82) is 0 Å². The van der Waals surface area contributed by atoms with Crippen LogP contribution in [-0.4, -0.2) is 42.0 Å². The van der Waals surface area contributed by atoms with Gasteiger partial charge in [0, 0.05) is 12.6 Å². The maximum Gasteiger partial charge on any atom is 0.237 e. The summed E-state index contributed by atoms with van der Waals surface area (Å²) in [5.41, 5.74) is 4.97. The van der Waals surface area contributed by atoms with Crippen LogP contribution in [-0.2, 0) is 4.79 Å². The van der Waals surface area contributed by atoms with Gasteiger partial charge in [0.15, 0.2) is 0 Å². The second-order valence-corrected chi connectivity index (χ2v) is 6.52. The van der Waals surface area contributed by atoms with Crippen molar-refractivity contribution in [2.75, 3.05) is 19.6 Å². The van der Waals surface area contributed by atoms with Gasteiger partial charge in [-0.15, -0.1) is 0 Å². The number of likely N-dealkylation sites (N-methyl/N-ethyl adjacent to an activating group) is 1. The molecule has 4 unspecified atom stereocenters. The first-order chi connectivity index (χ1) is 8.80. The Morgan fingerprint density at radius 2 is 2.11 bits per heavy atom. The van der Waals surface area contributed by atoms with Gasteiger partial charge in [-0.1, -0.05) is 20.8 Å². The van der Waals surface area contributed by atoms with Gasteiger partial charge in [-0.25, -0.2) is 0 Å². The minimum Gasteiger partial charge on any atom is -0.368 e. The SMILES string of the molecule is CCNC(C)(CC(C)N1CCC(C)C(C)C1)C(N)=O. The smallest absolute Gasteiger partial charge is 0.237 e. The lowest BCUT2D eigenvalue weighted by molar-refractivity contribution is -0.124. The Bertz CT molecular complexity index is 308. The fourth-order valence-corrected chi connectivity index (χ4v) is 3.07. The molecule has 0 saturated carbocycles. The molecule has 4 atom stereocenters. The molecule has 1 aliphatic rings. The molecule has 0 bridgehead atoms. The van der Waals surface area contributed by atoms with Gasteiger partial charge in [-0.05, 0) is 51.6 Å². The third-order valence-corrected chi connectivity index (χ3v) is 4.80. The summed E-state index contributed by atoms with van der Waals surface area (Å²) >= 11 is 0. The molecule has 112 valence electrons. The molecule has 0 spiro atoms. The Kier molecular flexibility index (Phi) is 5.81. The van der Waals surface area contributed by atoms with E-state index in [4.69, 9.17) is 5.73 Å². The minimum atomic E-state index is -0.597. The maximum atomic E-state index is 11.7. The fourth-order valence-electron chi connectivity index (χ4n) is 3.07. The summed E-state index contributed by atoms with van der Waals surface area (Å²) in [7, 11) is 0. The van der Waals surface area contributed by atoms with Gasteiger partial charge in [0.2, 0.25) is 5.91 Å². The van der Waals surface area contributed by atoms with Crippen molar-refractivity contribution in [1.82, 2.24) is 10.2 Å². The number of primary amides is 1. The first kappa shape index (κ1) is 16.4. The van der Waals surface area contributed by atoms with E-state index in [9.17, 15) is 4.79 Å². The zero-order valence-corrected chi connectivity index (χ0v) is 13.2. The number of hydrogen-bond acceptors (Lipinski definition) is 3. The summed E-state index contributed by atoms with van der Waals surface area (Å²) in [4.78, 5) is 14.2. The predicted molar refractivity (Wildman–Crippen MR) is 79.9 cm³/mol. The summed E-state index contributed by atoms with van der Waals surface area (Å²) < 4.78 is 0.